The van der Waals surface area contributed by atoms with Gasteiger partial charge < -0.3 is 16.2 Å². The van der Waals surface area contributed by atoms with Crippen molar-refractivity contribution in [2.75, 3.05) is 35.7 Å². The summed E-state index contributed by atoms with van der Waals surface area (Å²) in [5.41, 5.74) is 8.82. The van der Waals surface area contributed by atoms with Crippen molar-refractivity contribution in [3.05, 3.63) is 23.8 Å². The second-order valence-electron chi connectivity index (χ2n) is 3.69. The van der Waals surface area contributed by atoms with Gasteiger partial charge in [-0.1, -0.05) is 0 Å². The van der Waals surface area contributed by atoms with Crippen molar-refractivity contribution in [2.45, 2.75) is 13.3 Å². The third-order valence-corrected chi connectivity index (χ3v) is 3.33. The van der Waals surface area contributed by atoms with E-state index in [0.29, 0.717) is 0 Å². The number of benzene rings is 1. The van der Waals surface area contributed by atoms with Crippen LogP contribution in [0, 0.1) is 6.92 Å². The lowest BCUT2D eigenvalue weighted by Gasteiger charge is -2.09. The van der Waals surface area contributed by atoms with Crippen LogP contribution in [0.4, 0.5) is 11.4 Å². The molecule has 0 unspecified atom stereocenters. The van der Waals surface area contributed by atoms with Crippen molar-refractivity contribution in [3.8, 4) is 0 Å². The predicted molar refractivity (Wildman–Crippen MR) is 73.1 cm³/mol. The summed E-state index contributed by atoms with van der Waals surface area (Å²) in [6, 6.07) is 5.90. The zero-order chi connectivity index (χ0) is 11.8. The van der Waals surface area contributed by atoms with Gasteiger partial charge in [-0.15, -0.1) is 0 Å². The molecule has 0 aliphatic carbocycles. The van der Waals surface area contributed by atoms with Crippen molar-refractivity contribution in [1.82, 2.24) is 0 Å². The quantitative estimate of drug-likeness (QED) is 0.504. The SMILES string of the molecule is Cc1cc(N)ccc1NCCSCCCO. The minimum atomic E-state index is 0.289. The summed E-state index contributed by atoms with van der Waals surface area (Å²) in [6.45, 7) is 3.29. The number of nitrogen functional groups attached to an aromatic ring is 1. The second-order valence-corrected chi connectivity index (χ2v) is 4.92. The van der Waals surface area contributed by atoms with E-state index in [1.165, 1.54) is 5.56 Å². The Kier molecular flexibility index (Phi) is 6.11. The standard InChI is InChI=1S/C12H20N2OS/c1-10-9-11(13)3-4-12(10)14-5-8-16-7-2-6-15/h3-4,9,14-15H,2,5-8,13H2,1H3. The van der Waals surface area contributed by atoms with E-state index in [4.69, 9.17) is 10.8 Å². The number of hydrogen-bond donors (Lipinski definition) is 3. The Morgan fingerprint density at radius 3 is 2.88 bits per heavy atom. The monoisotopic (exact) mass is 240 g/mol. The van der Waals surface area contributed by atoms with Crippen LogP contribution in [0.5, 0.6) is 0 Å². The molecule has 0 atom stereocenters. The Morgan fingerprint density at radius 2 is 2.19 bits per heavy atom. The van der Waals surface area contributed by atoms with Crippen molar-refractivity contribution in [2.24, 2.45) is 0 Å². The van der Waals surface area contributed by atoms with Crippen LogP contribution >= 0.6 is 11.8 Å². The second kappa shape index (κ2) is 7.41. The third-order valence-electron chi connectivity index (χ3n) is 2.26. The van der Waals surface area contributed by atoms with Gasteiger partial charge >= 0.3 is 0 Å². The lowest BCUT2D eigenvalue weighted by molar-refractivity contribution is 0.296. The van der Waals surface area contributed by atoms with Crippen LogP contribution < -0.4 is 11.1 Å². The summed E-state index contributed by atoms with van der Waals surface area (Å²) in [5, 5.41) is 12.0. The van der Waals surface area contributed by atoms with Crippen LogP contribution in [0.25, 0.3) is 0 Å². The molecule has 90 valence electrons. The Morgan fingerprint density at radius 1 is 1.38 bits per heavy atom. The average Bonchev–Trinajstić information content (AvgIpc) is 2.26. The summed E-state index contributed by atoms with van der Waals surface area (Å²) >= 11 is 1.86. The van der Waals surface area contributed by atoms with Crippen LogP contribution in [-0.2, 0) is 0 Å². The highest BCUT2D eigenvalue weighted by molar-refractivity contribution is 7.99. The molecule has 0 heterocycles. The highest BCUT2D eigenvalue weighted by Crippen LogP contribution is 2.17. The van der Waals surface area contributed by atoms with Gasteiger partial charge in [-0.3, -0.25) is 0 Å². The van der Waals surface area contributed by atoms with Gasteiger partial charge in [-0.05, 0) is 42.9 Å². The fourth-order valence-corrected chi connectivity index (χ4v) is 2.20. The Bertz CT molecular complexity index is 318. The van der Waals surface area contributed by atoms with Crippen LogP contribution in [-0.4, -0.2) is 29.8 Å². The molecule has 0 fully saturated rings. The number of thioether (sulfide) groups is 1. The summed E-state index contributed by atoms with van der Waals surface area (Å²) in [4.78, 5) is 0. The van der Waals surface area contributed by atoms with E-state index < -0.39 is 0 Å². The fourth-order valence-electron chi connectivity index (χ4n) is 1.41. The first-order valence-electron chi connectivity index (χ1n) is 5.52. The van der Waals surface area contributed by atoms with Gasteiger partial charge in [0.05, 0.1) is 0 Å². The minimum Gasteiger partial charge on any atom is -0.399 e. The number of aliphatic hydroxyl groups excluding tert-OH is 1. The smallest absolute Gasteiger partial charge is 0.0438 e. The Labute approximate surface area is 101 Å². The van der Waals surface area contributed by atoms with Gasteiger partial charge in [0.25, 0.3) is 0 Å². The topological polar surface area (TPSA) is 58.3 Å². The van der Waals surface area contributed by atoms with Crippen LogP contribution in [0.2, 0.25) is 0 Å². The summed E-state index contributed by atoms with van der Waals surface area (Å²) in [7, 11) is 0. The molecule has 3 nitrogen and oxygen atoms in total. The molecule has 0 saturated heterocycles. The van der Waals surface area contributed by atoms with Crippen molar-refractivity contribution < 1.29 is 5.11 Å². The molecule has 0 radical (unpaired) electrons. The third kappa shape index (κ3) is 4.77. The molecule has 0 bridgehead atoms. The molecule has 4 heteroatoms. The molecule has 1 aromatic carbocycles. The normalized spacial score (nSPS) is 10.4. The summed E-state index contributed by atoms with van der Waals surface area (Å²) in [5.74, 6) is 2.09. The molecule has 0 amide bonds. The molecule has 0 aliphatic rings. The lowest BCUT2D eigenvalue weighted by Crippen LogP contribution is -2.06. The molecule has 16 heavy (non-hydrogen) atoms. The van der Waals surface area contributed by atoms with E-state index in [0.717, 1.165) is 35.8 Å². The Balaban J connectivity index is 2.21. The molecule has 0 spiro atoms. The van der Waals surface area contributed by atoms with Crippen molar-refractivity contribution >= 4 is 23.1 Å². The van der Waals surface area contributed by atoms with Gasteiger partial charge in [0, 0.05) is 30.3 Å². The van der Waals surface area contributed by atoms with Crippen molar-refractivity contribution in [1.29, 1.82) is 0 Å². The zero-order valence-electron chi connectivity index (χ0n) is 9.70. The number of rotatable bonds is 7. The first kappa shape index (κ1) is 13.2. The van der Waals surface area contributed by atoms with E-state index >= 15 is 0 Å². The highest BCUT2D eigenvalue weighted by atomic mass is 32.2. The number of nitrogens with one attached hydrogen (secondary N) is 1. The molecule has 0 saturated carbocycles. The zero-order valence-corrected chi connectivity index (χ0v) is 10.5. The fraction of sp³-hybridized carbons (Fsp3) is 0.500. The maximum absolute atomic E-state index is 8.62. The van der Waals surface area contributed by atoms with E-state index in [-0.39, 0.29) is 6.61 Å². The van der Waals surface area contributed by atoms with E-state index in [9.17, 15) is 0 Å². The Hall–Kier alpha value is -0.870. The predicted octanol–water partition coefficient (Wildman–Crippen LogP) is 2.10. The number of hydrogen-bond acceptors (Lipinski definition) is 4. The van der Waals surface area contributed by atoms with E-state index in [1.54, 1.807) is 0 Å². The summed E-state index contributed by atoms with van der Waals surface area (Å²) in [6.07, 6.45) is 0.881. The first-order chi connectivity index (χ1) is 7.74. The van der Waals surface area contributed by atoms with Gasteiger partial charge in [-0.25, -0.2) is 0 Å². The maximum Gasteiger partial charge on any atom is 0.0438 e. The number of nitrogens with two attached hydrogens (primary N) is 1. The van der Waals surface area contributed by atoms with Crippen LogP contribution in [0.15, 0.2) is 18.2 Å². The van der Waals surface area contributed by atoms with Gasteiger partial charge in [-0.2, -0.15) is 11.8 Å². The van der Waals surface area contributed by atoms with Crippen molar-refractivity contribution in [3.63, 3.8) is 0 Å². The lowest BCUT2D eigenvalue weighted by atomic mass is 10.2. The number of aliphatic hydroxyl groups is 1. The number of aryl methyl sites for hydroxylation is 1. The van der Waals surface area contributed by atoms with Gasteiger partial charge in [0.1, 0.15) is 0 Å². The molecular formula is C12H20N2OS. The first-order valence-corrected chi connectivity index (χ1v) is 6.68. The van der Waals surface area contributed by atoms with Crippen LogP contribution in [0.3, 0.4) is 0 Å². The summed E-state index contributed by atoms with van der Waals surface area (Å²) < 4.78 is 0. The maximum atomic E-state index is 8.62. The average molecular weight is 240 g/mol. The molecule has 1 rings (SSSR count). The molecule has 0 aromatic heterocycles. The van der Waals surface area contributed by atoms with Crippen LogP contribution in [0.1, 0.15) is 12.0 Å². The van der Waals surface area contributed by atoms with Gasteiger partial charge in [0.2, 0.25) is 0 Å². The molecule has 1 aromatic rings. The van der Waals surface area contributed by atoms with E-state index in [2.05, 4.69) is 12.2 Å². The minimum absolute atomic E-state index is 0.289. The molecule has 0 aliphatic heterocycles. The van der Waals surface area contributed by atoms with E-state index in [1.807, 2.05) is 30.0 Å². The molecule has 4 N–H and O–H groups in total. The van der Waals surface area contributed by atoms with Gasteiger partial charge in [0.15, 0.2) is 0 Å². The largest absolute Gasteiger partial charge is 0.399 e. The molecular weight excluding hydrogens is 220 g/mol. The highest BCUT2D eigenvalue weighted by Gasteiger charge is 1.97. The number of anilines is 2.